The summed E-state index contributed by atoms with van der Waals surface area (Å²) >= 11 is 1.45. The normalized spacial score (nSPS) is 20.2. The molecule has 0 saturated carbocycles. The molecule has 170 valence electrons. The maximum absolute atomic E-state index is 13.2. The number of para-hydroxylation sites is 1. The van der Waals surface area contributed by atoms with Crippen LogP contribution in [0.1, 0.15) is 31.4 Å². The zero-order chi connectivity index (χ0) is 23.4. The van der Waals surface area contributed by atoms with Gasteiger partial charge in [-0.2, -0.15) is 0 Å². The quantitative estimate of drug-likeness (QED) is 0.552. The number of fused-ring (bicyclic) bond motifs is 1. The van der Waals surface area contributed by atoms with Crippen molar-refractivity contribution in [3.63, 3.8) is 0 Å². The summed E-state index contributed by atoms with van der Waals surface area (Å²) in [6.45, 7) is 3.91. The number of amides is 1. The lowest BCUT2D eigenvalue weighted by molar-refractivity contribution is -0.141. The monoisotopic (exact) mass is 462 g/mol. The molecule has 2 heterocycles. The fourth-order valence-electron chi connectivity index (χ4n) is 3.88. The molecule has 7 heteroatoms. The van der Waals surface area contributed by atoms with Crippen LogP contribution in [0.2, 0.25) is 0 Å². The first-order valence-corrected chi connectivity index (χ1v) is 11.7. The van der Waals surface area contributed by atoms with Gasteiger partial charge in [-0.1, -0.05) is 79.4 Å². The largest absolute Gasteiger partial charge is 0.496 e. The molecule has 2 aliphatic rings. The number of carbonyl (C=O) groups excluding carboxylic acids is 2. The van der Waals surface area contributed by atoms with Crippen molar-refractivity contribution in [1.82, 2.24) is 4.90 Å². The van der Waals surface area contributed by atoms with E-state index in [1.165, 1.54) is 11.8 Å². The van der Waals surface area contributed by atoms with Crippen molar-refractivity contribution in [1.29, 1.82) is 0 Å². The van der Waals surface area contributed by atoms with E-state index in [-0.39, 0.29) is 17.8 Å². The number of esters is 1. The summed E-state index contributed by atoms with van der Waals surface area (Å²) < 4.78 is 11.1. The van der Waals surface area contributed by atoms with Crippen LogP contribution in [0, 0.1) is 0 Å². The van der Waals surface area contributed by atoms with Gasteiger partial charge in [0, 0.05) is 5.56 Å². The van der Waals surface area contributed by atoms with E-state index >= 15 is 0 Å². The van der Waals surface area contributed by atoms with E-state index in [2.05, 4.69) is 4.99 Å². The second-order valence-corrected chi connectivity index (χ2v) is 8.89. The number of benzene rings is 2. The number of allylic oxidation sites excluding steroid dienone is 1. The Labute approximate surface area is 198 Å². The third-order valence-electron chi connectivity index (χ3n) is 5.59. The van der Waals surface area contributed by atoms with Gasteiger partial charge in [-0.15, -0.1) is 0 Å². The van der Waals surface area contributed by atoms with Gasteiger partial charge >= 0.3 is 5.97 Å². The van der Waals surface area contributed by atoms with Gasteiger partial charge in [0.15, 0.2) is 5.17 Å². The lowest BCUT2D eigenvalue weighted by atomic mass is 10.00. The molecule has 2 aromatic carbocycles. The van der Waals surface area contributed by atoms with E-state index in [0.717, 1.165) is 11.1 Å². The highest BCUT2D eigenvalue weighted by molar-refractivity contribution is 8.15. The number of aliphatic imine (C=N–C) groups is 1. The van der Waals surface area contributed by atoms with Crippen LogP contribution in [-0.4, -0.2) is 40.3 Å². The van der Waals surface area contributed by atoms with Gasteiger partial charge in [-0.25, -0.2) is 9.79 Å². The SMILES string of the molecule is CC[C@@H]1SC2=NC(C)=C(C(=O)OCc3ccccc3)[C@H](/C=C/c3ccccc3OC)N2C1=O. The molecule has 0 radical (unpaired) electrons. The minimum atomic E-state index is -0.609. The molecule has 0 aromatic heterocycles. The highest BCUT2D eigenvalue weighted by Gasteiger charge is 2.45. The number of nitrogens with zero attached hydrogens (tertiary/aromatic N) is 2. The molecule has 2 aliphatic heterocycles. The van der Waals surface area contributed by atoms with Crippen molar-refractivity contribution in [2.75, 3.05) is 7.11 Å². The summed E-state index contributed by atoms with van der Waals surface area (Å²) in [5, 5.41) is 0.414. The average molecular weight is 463 g/mol. The zero-order valence-electron chi connectivity index (χ0n) is 18.9. The second kappa shape index (κ2) is 10.1. The molecular weight excluding hydrogens is 436 g/mol. The fourth-order valence-corrected chi connectivity index (χ4v) is 5.02. The molecule has 0 aliphatic carbocycles. The van der Waals surface area contributed by atoms with Gasteiger partial charge in [0.05, 0.1) is 29.7 Å². The van der Waals surface area contributed by atoms with Gasteiger partial charge < -0.3 is 9.47 Å². The third-order valence-corrected chi connectivity index (χ3v) is 6.91. The topological polar surface area (TPSA) is 68.2 Å². The Hall–Kier alpha value is -3.32. The number of hydrogen-bond donors (Lipinski definition) is 0. The number of hydrogen-bond acceptors (Lipinski definition) is 6. The van der Waals surface area contributed by atoms with Crippen LogP contribution in [0.3, 0.4) is 0 Å². The molecule has 33 heavy (non-hydrogen) atoms. The van der Waals surface area contributed by atoms with Crippen LogP contribution in [0.5, 0.6) is 5.75 Å². The minimum absolute atomic E-state index is 0.0446. The van der Waals surface area contributed by atoms with E-state index in [4.69, 9.17) is 9.47 Å². The molecular formula is C26H26N2O4S. The Morgan fingerprint density at radius 3 is 2.61 bits per heavy atom. The van der Waals surface area contributed by atoms with Crippen molar-refractivity contribution in [3.8, 4) is 5.75 Å². The molecule has 1 fully saturated rings. The summed E-state index contributed by atoms with van der Waals surface area (Å²) in [4.78, 5) is 32.6. The zero-order valence-corrected chi connectivity index (χ0v) is 19.7. The Kier molecular flexibility index (Phi) is 6.99. The average Bonchev–Trinajstić information content (AvgIpc) is 3.16. The second-order valence-electron chi connectivity index (χ2n) is 7.72. The molecule has 6 nitrogen and oxygen atoms in total. The van der Waals surface area contributed by atoms with Crippen LogP contribution >= 0.6 is 11.8 Å². The maximum Gasteiger partial charge on any atom is 0.338 e. The van der Waals surface area contributed by atoms with Crippen molar-refractivity contribution >= 4 is 34.9 Å². The van der Waals surface area contributed by atoms with E-state index in [9.17, 15) is 9.59 Å². The molecule has 0 bridgehead atoms. The minimum Gasteiger partial charge on any atom is -0.496 e. The molecule has 4 rings (SSSR count). The number of rotatable bonds is 7. The number of methoxy groups -OCH3 is 1. The summed E-state index contributed by atoms with van der Waals surface area (Å²) in [6, 6.07) is 16.5. The third kappa shape index (κ3) is 4.73. The molecule has 1 amide bonds. The van der Waals surface area contributed by atoms with Crippen LogP contribution in [0.15, 0.2) is 76.9 Å². The van der Waals surface area contributed by atoms with E-state index < -0.39 is 12.0 Å². The molecule has 1 saturated heterocycles. The highest BCUT2D eigenvalue weighted by Crippen LogP contribution is 2.38. The van der Waals surface area contributed by atoms with Crippen molar-refractivity contribution in [2.45, 2.75) is 38.2 Å². The van der Waals surface area contributed by atoms with Crippen LogP contribution in [-0.2, 0) is 20.9 Å². The summed E-state index contributed by atoms with van der Waals surface area (Å²) in [7, 11) is 1.61. The van der Waals surface area contributed by atoms with Crippen molar-refractivity contribution in [3.05, 3.63) is 83.1 Å². The van der Waals surface area contributed by atoms with Gasteiger partial charge in [0.25, 0.3) is 0 Å². The lowest BCUT2D eigenvalue weighted by Crippen LogP contribution is -2.45. The first kappa shape index (κ1) is 22.9. The maximum atomic E-state index is 13.2. The first-order chi connectivity index (χ1) is 16.0. The van der Waals surface area contributed by atoms with Crippen molar-refractivity contribution in [2.24, 2.45) is 4.99 Å². The first-order valence-electron chi connectivity index (χ1n) is 10.8. The molecule has 0 unspecified atom stereocenters. The number of carbonyl (C=O) groups is 2. The molecule has 2 aromatic rings. The predicted octanol–water partition coefficient (Wildman–Crippen LogP) is 4.82. The number of thioether (sulfide) groups is 1. The van der Waals surface area contributed by atoms with Gasteiger partial charge in [-0.3, -0.25) is 9.69 Å². The lowest BCUT2D eigenvalue weighted by Gasteiger charge is -2.30. The van der Waals surface area contributed by atoms with Crippen molar-refractivity contribution < 1.29 is 19.1 Å². The highest BCUT2D eigenvalue weighted by atomic mass is 32.2. The van der Waals surface area contributed by atoms with E-state index in [0.29, 0.717) is 28.6 Å². The summed E-state index contributed by atoms with van der Waals surface area (Å²) in [5.41, 5.74) is 2.67. The van der Waals surface area contributed by atoms with Crippen LogP contribution in [0.4, 0.5) is 0 Å². The number of ether oxygens (including phenoxy) is 2. The fraction of sp³-hybridized carbons (Fsp3) is 0.269. The van der Waals surface area contributed by atoms with E-state index in [1.54, 1.807) is 18.9 Å². The predicted molar refractivity (Wildman–Crippen MR) is 131 cm³/mol. The molecule has 2 atom stereocenters. The van der Waals surface area contributed by atoms with Gasteiger partial charge in [-0.05, 0) is 25.0 Å². The van der Waals surface area contributed by atoms with Gasteiger partial charge in [0.2, 0.25) is 5.91 Å². The molecule has 0 N–H and O–H groups in total. The summed E-state index contributed by atoms with van der Waals surface area (Å²) in [5.74, 6) is 0.185. The van der Waals surface area contributed by atoms with Gasteiger partial charge in [0.1, 0.15) is 12.4 Å². The Bertz CT molecular complexity index is 1140. The Morgan fingerprint density at radius 2 is 1.88 bits per heavy atom. The van der Waals surface area contributed by atoms with Crippen LogP contribution < -0.4 is 4.74 Å². The standard InChI is InChI=1S/C26H26N2O4S/c1-4-22-24(29)28-20(15-14-19-12-8-9-13-21(19)31-3)23(17(2)27-26(28)33-22)25(30)32-16-18-10-6-5-7-11-18/h5-15,20,22H,4,16H2,1-3H3/b15-14+/t20-,22-/m0/s1. The Morgan fingerprint density at radius 1 is 1.15 bits per heavy atom. The smallest absolute Gasteiger partial charge is 0.338 e. The Balaban J connectivity index is 1.68. The summed E-state index contributed by atoms with van der Waals surface area (Å²) in [6.07, 6.45) is 4.42. The molecule has 0 spiro atoms. The van der Waals surface area contributed by atoms with Crippen LogP contribution in [0.25, 0.3) is 6.08 Å². The number of amidine groups is 1. The van der Waals surface area contributed by atoms with E-state index in [1.807, 2.05) is 73.7 Å².